The van der Waals surface area contributed by atoms with E-state index in [0.717, 1.165) is 17.1 Å². The SMILES string of the molecule is OC(CNCc1cccc2c1OCO2)Cn1cccn1. The molecule has 6 nitrogen and oxygen atoms in total. The van der Waals surface area contributed by atoms with Gasteiger partial charge in [0.15, 0.2) is 11.5 Å². The van der Waals surface area contributed by atoms with Gasteiger partial charge in [-0.1, -0.05) is 12.1 Å². The Hall–Kier alpha value is -2.05. The molecule has 1 atom stereocenters. The number of hydrogen-bond donors (Lipinski definition) is 2. The van der Waals surface area contributed by atoms with Crippen molar-refractivity contribution in [2.24, 2.45) is 0 Å². The molecule has 2 N–H and O–H groups in total. The predicted octanol–water partition coefficient (Wildman–Crippen LogP) is 0.762. The van der Waals surface area contributed by atoms with E-state index in [4.69, 9.17) is 9.47 Å². The number of nitrogens with one attached hydrogen (secondary N) is 1. The molecule has 0 aliphatic carbocycles. The third-order valence-corrected chi connectivity index (χ3v) is 3.13. The number of benzene rings is 1. The highest BCUT2D eigenvalue weighted by Crippen LogP contribution is 2.35. The lowest BCUT2D eigenvalue weighted by molar-refractivity contribution is 0.146. The highest BCUT2D eigenvalue weighted by Gasteiger charge is 2.16. The average Bonchev–Trinajstić information content (AvgIpc) is 3.09. The summed E-state index contributed by atoms with van der Waals surface area (Å²) in [4.78, 5) is 0. The molecule has 2 aromatic rings. The first-order valence-electron chi connectivity index (χ1n) is 6.56. The number of nitrogens with zero attached hydrogens (tertiary/aromatic N) is 2. The number of fused-ring (bicyclic) bond motifs is 1. The molecule has 1 aliphatic heterocycles. The van der Waals surface area contributed by atoms with Gasteiger partial charge in [0.25, 0.3) is 0 Å². The van der Waals surface area contributed by atoms with E-state index < -0.39 is 6.10 Å². The minimum Gasteiger partial charge on any atom is -0.454 e. The summed E-state index contributed by atoms with van der Waals surface area (Å²) in [5.74, 6) is 1.57. The Bertz CT molecular complexity index is 557. The van der Waals surface area contributed by atoms with Crippen molar-refractivity contribution in [1.29, 1.82) is 0 Å². The molecular weight excluding hydrogens is 258 g/mol. The molecule has 106 valence electrons. The van der Waals surface area contributed by atoms with Crippen LogP contribution in [-0.4, -0.2) is 34.3 Å². The summed E-state index contributed by atoms with van der Waals surface area (Å²) < 4.78 is 12.5. The van der Waals surface area contributed by atoms with E-state index in [-0.39, 0.29) is 6.79 Å². The first-order valence-corrected chi connectivity index (χ1v) is 6.56. The van der Waals surface area contributed by atoms with Crippen molar-refractivity contribution in [3.63, 3.8) is 0 Å². The fourth-order valence-electron chi connectivity index (χ4n) is 2.19. The average molecular weight is 275 g/mol. The fourth-order valence-corrected chi connectivity index (χ4v) is 2.19. The molecule has 3 rings (SSSR count). The molecule has 1 aromatic carbocycles. The predicted molar refractivity (Wildman–Crippen MR) is 72.5 cm³/mol. The zero-order valence-corrected chi connectivity index (χ0v) is 11.0. The maximum atomic E-state index is 9.91. The smallest absolute Gasteiger partial charge is 0.231 e. The van der Waals surface area contributed by atoms with Gasteiger partial charge in [-0.3, -0.25) is 4.68 Å². The molecule has 0 spiro atoms. The summed E-state index contributed by atoms with van der Waals surface area (Å²) in [5.41, 5.74) is 1.03. The van der Waals surface area contributed by atoms with Gasteiger partial charge >= 0.3 is 0 Å². The van der Waals surface area contributed by atoms with Gasteiger partial charge in [0, 0.05) is 31.0 Å². The van der Waals surface area contributed by atoms with E-state index >= 15 is 0 Å². The summed E-state index contributed by atoms with van der Waals surface area (Å²) in [7, 11) is 0. The Kier molecular flexibility index (Phi) is 3.85. The Morgan fingerprint density at radius 3 is 3.15 bits per heavy atom. The summed E-state index contributed by atoms with van der Waals surface area (Å²) in [5, 5.41) is 17.2. The standard InChI is InChI=1S/C14H17N3O3/c18-12(9-17-6-2-5-16-17)8-15-7-11-3-1-4-13-14(11)20-10-19-13/h1-6,12,15,18H,7-10H2. The van der Waals surface area contributed by atoms with Crippen LogP contribution in [0.5, 0.6) is 11.5 Å². The minimum atomic E-state index is -0.483. The summed E-state index contributed by atoms with van der Waals surface area (Å²) in [6, 6.07) is 7.65. The van der Waals surface area contributed by atoms with Gasteiger partial charge in [-0.2, -0.15) is 5.10 Å². The van der Waals surface area contributed by atoms with Crippen molar-refractivity contribution in [2.45, 2.75) is 19.2 Å². The molecule has 0 fully saturated rings. The zero-order chi connectivity index (χ0) is 13.8. The summed E-state index contributed by atoms with van der Waals surface area (Å²) >= 11 is 0. The third kappa shape index (κ3) is 2.92. The number of hydrogen-bond acceptors (Lipinski definition) is 5. The molecule has 0 saturated heterocycles. The topological polar surface area (TPSA) is 68.5 Å². The second-order valence-electron chi connectivity index (χ2n) is 4.66. The lowest BCUT2D eigenvalue weighted by atomic mass is 10.2. The Labute approximate surface area is 116 Å². The number of ether oxygens (including phenoxy) is 2. The molecule has 0 saturated carbocycles. The van der Waals surface area contributed by atoms with Crippen molar-refractivity contribution in [3.05, 3.63) is 42.2 Å². The van der Waals surface area contributed by atoms with Crippen LogP contribution in [0.15, 0.2) is 36.7 Å². The van der Waals surface area contributed by atoms with Crippen molar-refractivity contribution >= 4 is 0 Å². The Balaban J connectivity index is 1.49. The van der Waals surface area contributed by atoms with Gasteiger partial charge in [-0.25, -0.2) is 0 Å². The lowest BCUT2D eigenvalue weighted by Gasteiger charge is -2.12. The van der Waals surface area contributed by atoms with E-state index in [1.807, 2.05) is 30.5 Å². The van der Waals surface area contributed by atoms with Crippen molar-refractivity contribution in [1.82, 2.24) is 15.1 Å². The maximum absolute atomic E-state index is 9.91. The molecule has 0 amide bonds. The number of rotatable bonds is 6. The Morgan fingerprint density at radius 1 is 1.35 bits per heavy atom. The van der Waals surface area contributed by atoms with Gasteiger partial charge in [0.05, 0.1) is 12.6 Å². The first-order chi connectivity index (χ1) is 9.83. The number of aromatic nitrogens is 2. The van der Waals surface area contributed by atoms with Crippen LogP contribution in [0.2, 0.25) is 0 Å². The van der Waals surface area contributed by atoms with Crippen molar-refractivity contribution in [3.8, 4) is 11.5 Å². The molecule has 0 bridgehead atoms. The quantitative estimate of drug-likeness (QED) is 0.814. The largest absolute Gasteiger partial charge is 0.454 e. The molecule has 1 aromatic heterocycles. The van der Waals surface area contributed by atoms with Crippen LogP contribution >= 0.6 is 0 Å². The Morgan fingerprint density at radius 2 is 2.30 bits per heavy atom. The van der Waals surface area contributed by atoms with Crippen LogP contribution < -0.4 is 14.8 Å². The van der Waals surface area contributed by atoms with E-state index in [9.17, 15) is 5.11 Å². The lowest BCUT2D eigenvalue weighted by Crippen LogP contribution is -2.30. The maximum Gasteiger partial charge on any atom is 0.231 e. The molecule has 20 heavy (non-hydrogen) atoms. The van der Waals surface area contributed by atoms with E-state index in [0.29, 0.717) is 19.6 Å². The van der Waals surface area contributed by atoms with Crippen LogP contribution in [0.25, 0.3) is 0 Å². The van der Waals surface area contributed by atoms with Crippen LogP contribution in [0.4, 0.5) is 0 Å². The highest BCUT2D eigenvalue weighted by atomic mass is 16.7. The van der Waals surface area contributed by atoms with E-state index in [1.165, 1.54) is 0 Å². The van der Waals surface area contributed by atoms with Crippen LogP contribution in [0, 0.1) is 0 Å². The molecule has 6 heteroatoms. The van der Waals surface area contributed by atoms with Gasteiger partial charge in [0.2, 0.25) is 6.79 Å². The summed E-state index contributed by atoms with van der Waals surface area (Å²) in [6.45, 7) is 1.87. The molecule has 0 radical (unpaired) electrons. The third-order valence-electron chi connectivity index (χ3n) is 3.13. The number of aliphatic hydroxyl groups is 1. The number of para-hydroxylation sites is 1. The van der Waals surface area contributed by atoms with Crippen LogP contribution in [-0.2, 0) is 13.1 Å². The second kappa shape index (κ2) is 5.94. The minimum absolute atomic E-state index is 0.272. The van der Waals surface area contributed by atoms with E-state index in [2.05, 4.69) is 10.4 Å². The van der Waals surface area contributed by atoms with Gasteiger partial charge < -0.3 is 19.9 Å². The second-order valence-corrected chi connectivity index (χ2v) is 4.66. The van der Waals surface area contributed by atoms with Crippen molar-refractivity contribution in [2.75, 3.05) is 13.3 Å². The normalized spacial score (nSPS) is 14.4. The van der Waals surface area contributed by atoms with Crippen LogP contribution in [0.1, 0.15) is 5.56 Å². The molecule has 1 unspecified atom stereocenters. The van der Waals surface area contributed by atoms with Crippen LogP contribution in [0.3, 0.4) is 0 Å². The molecular formula is C14H17N3O3. The zero-order valence-electron chi connectivity index (χ0n) is 11.0. The summed E-state index contributed by atoms with van der Waals surface area (Å²) in [6.07, 6.45) is 3.05. The fraction of sp³-hybridized carbons (Fsp3) is 0.357. The monoisotopic (exact) mass is 275 g/mol. The molecule has 1 aliphatic rings. The van der Waals surface area contributed by atoms with Gasteiger partial charge in [-0.15, -0.1) is 0 Å². The van der Waals surface area contributed by atoms with Crippen molar-refractivity contribution < 1.29 is 14.6 Å². The number of aliphatic hydroxyl groups excluding tert-OH is 1. The highest BCUT2D eigenvalue weighted by molar-refractivity contribution is 5.48. The first kappa shape index (κ1) is 13.0. The van der Waals surface area contributed by atoms with E-state index in [1.54, 1.807) is 10.9 Å². The van der Waals surface area contributed by atoms with Gasteiger partial charge in [-0.05, 0) is 12.1 Å². The molecule has 2 heterocycles. The van der Waals surface area contributed by atoms with Gasteiger partial charge in [0.1, 0.15) is 0 Å².